The number of Topliss-reactive ketones (excluding diaryl/α,β-unsaturated/α-hetero) is 1. The molecular weight excluding hydrogens is 230 g/mol. The van der Waals surface area contributed by atoms with E-state index in [4.69, 9.17) is 4.74 Å². The maximum atomic E-state index is 11.5. The van der Waals surface area contributed by atoms with Crippen LogP contribution in [0.5, 0.6) is 5.75 Å². The van der Waals surface area contributed by atoms with E-state index in [0.717, 1.165) is 23.3 Å². The van der Waals surface area contributed by atoms with Crippen LogP contribution in [0.15, 0.2) is 18.2 Å². The van der Waals surface area contributed by atoms with Crippen molar-refractivity contribution < 1.29 is 14.3 Å². The van der Waals surface area contributed by atoms with Crippen LogP contribution in [-0.4, -0.2) is 24.8 Å². The van der Waals surface area contributed by atoms with Gasteiger partial charge in [0.15, 0.2) is 5.78 Å². The van der Waals surface area contributed by atoms with Crippen molar-refractivity contribution >= 4 is 11.7 Å². The molecule has 1 amide bonds. The molecular formula is C14H17NO3. The highest BCUT2D eigenvalue weighted by Gasteiger charge is 2.19. The van der Waals surface area contributed by atoms with E-state index < -0.39 is 0 Å². The Kier molecular flexibility index (Phi) is 3.97. The average Bonchev–Trinajstić information content (AvgIpc) is 2.71. The molecule has 1 aromatic rings. The molecule has 0 heterocycles. The van der Waals surface area contributed by atoms with Crippen molar-refractivity contribution in [2.24, 2.45) is 0 Å². The molecule has 1 aliphatic carbocycles. The fourth-order valence-electron chi connectivity index (χ4n) is 2.07. The topological polar surface area (TPSA) is 55.4 Å². The first-order valence-electron chi connectivity index (χ1n) is 6.26. The number of nitrogens with one attached hydrogen (secondary N) is 1. The second-order valence-electron chi connectivity index (χ2n) is 4.29. The van der Waals surface area contributed by atoms with Crippen LogP contribution in [0.4, 0.5) is 0 Å². The minimum atomic E-state index is -0.00571. The molecule has 0 aromatic heterocycles. The fourth-order valence-corrected chi connectivity index (χ4v) is 2.07. The largest absolute Gasteiger partial charge is 0.493 e. The number of carbonyl (C=O) groups excluding carboxylic acids is 2. The SMILES string of the molecule is CCNC(=O)CCOc1ccc2c(c1)CCC2=O. The number of benzene rings is 1. The van der Waals surface area contributed by atoms with Crippen molar-refractivity contribution in [3.8, 4) is 5.75 Å². The summed E-state index contributed by atoms with van der Waals surface area (Å²) < 4.78 is 5.51. The minimum absolute atomic E-state index is 0.00571. The van der Waals surface area contributed by atoms with Gasteiger partial charge in [-0.05, 0) is 37.1 Å². The van der Waals surface area contributed by atoms with Crippen molar-refractivity contribution in [2.45, 2.75) is 26.2 Å². The minimum Gasteiger partial charge on any atom is -0.493 e. The summed E-state index contributed by atoms with van der Waals surface area (Å²) in [4.78, 5) is 22.7. The number of amides is 1. The van der Waals surface area contributed by atoms with E-state index in [-0.39, 0.29) is 11.7 Å². The van der Waals surface area contributed by atoms with E-state index in [2.05, 4.69) is 5.32 Å². The normalized spacial score (nSPS) is 13.3. The van der Waals surface area contributed by atoms with Gasteiger partial charge in [-0.1, -0.05) is 0 Å². The Balaban J connectivity index is 1.88. The summed E-state index contributed by atoms with van der Waals surface area (Å²) in [5.41, 5.74) is 1.86. The molecule has 1 aliphatic rings. The molecule has 1 aromatic carbocycles. The molecule has 0 bridgehead atoms. The van der Waals surface area contributed by atoms with E-state index in [0.29, 0.717) is 26.0 Å². The van der Waals surface area contributed by atoms with E-state index in [1.165, 1.54) is 0 Å². The molecule has 0 saturated heterocycles. The monoisotopic (exact) mass is 247 g/mol. The number of carbonyl (C=O) groups is 2. The summed E-state index contributed by atoms with van der Waals surface area (Å²) in [6, 6.07) is 5.50. The number of fused-ring (bicyclic) bond motifs is 1. The third kappa shape index (κ3) is 2.88. The highest BCUT2D eigenvalue weighted by molar-refractivity contribution is 6.00. The molecule has 0 fully saturated rings. The second-order valence-corrected chi connectivity index (χ2v) is 4.29. The lowest BCUT2D eigenvalue weighted by Crippen LogP contribution is -2.24. The Morgan fingerprint density at radius 3 is 3.00 bits per heavy atom. The van der Waals surface area contributed by atoms with Crippen molar-refractivity contribution in [2.75, 3.05) is 13.2 Å². The van der Waals surface area contributed by atoms with E-state index in [9.17, 15) is 9.59 Å². The summed E-state index contributed by atoms with van der Waals surface area (Å²) in [5.74, 6) is 0.931. The average molecular weight is 247 g/mol. The summed E-state index contributed by atoms with van der Waals surface area (Å²) in [7, 11) is 0. The lowest BCUT2D eigenvalue weighted by atomic mass is 10.1. The van der Waals surface area contributed by atoms with Crippen molar-refractivity contribution in [3.05, 3.63) is 29.3 Å². The highest BCUT2D eigenvalue weighted by Crippen LogP contribution is 2.26. The zero-order valence-corrected chi connectivity index (χ0v) is 10.5. The lowest BCUT2D eigenvalue weighted by molar-refractivity contribution is -0.121. The molecule has 96 valence electrons. The molecule has 0 atom stereocenters. The quantitative estimate of drug-likeness (QED) is 0.862. The Hall–Kier alpha value is -1.84. The smallest absolute Gasteiger partial charge is 0.223 e. The first-order valence-corrected chi connectivity index (χ1v) is 6.26. The van der Waals surface area contributed by atoms with Crippen molar-refractivity contribution in [1.29, 1.82) is 0 Å². The number of aryl methyl sites for hydroxylation is 1. The molecule has 4 heteroatoms. The van der Waals surface area contributed by atoms with Gasteiger partial charge in [0.1, 0.15) is 5.75 Å². The molecule has 4 nitrogen and oxygen atoms in total. The molecule has 0 radical (unpaired) electrons. The molecule has 2 rings (SSSR count). The maximum absolute atomic E-state index is 11.5. The third-order valence-corrected chi connectivity index (χ3v) is 2.97. The van der Waals surface area contributed by atoms with Crippen LogP contribution in [0, 0.1) is 0 Å². The number of rotatable bonds is 5. The predicted octanol–water partition coefficient (Wildman–Crippen LogP) is 1.72. The zero-order chi connectivity index (χ0) is 13.0. The standard InChI is InChI=1S/C14H17NO3/c1-2-15-14(17)7-8-18-11-4-5-12-10(9-11)3-6-13(12)16/h4-5,9H,2-3,6-8H2,1H3,(H,15,17). The van der Waals surface area contributed by atoms with Crippen LogP contribution in [0.1, 0.15) is 35.7 Å². The van der Waals surface area contributed by atoms with E-state index >= 15 is 0 Å². The molecule has 0 spiro atoms. The molecule has 18 heavy (non-hydrogen) atoms. The number of ether oxygens (including phenoxy) is 1. The van der Waals surface area contributed by atoms with Crippen LogP contribution < -0.4 is 10.1 Å². The van der Waals surface area contributed by atoms with Crippen LogP contribution >= 0.6 is 0 Å². The van der Waals surface area contributed by atoms with Gasteiger partial charge in [-0.2, -0.15) is 0 Å². The first-order chi connectivity index (χ1) is 8.70. The van der Waals surface area contributed by atoms with Gasteiger partial charge in [-0.25, -0.2) is 0 Å². The van der Waals surface area contributed by atoms with Crippen LogP contribution in [-0.2, 0) is 11.2 Å². The Morgan fingerprint density at radius 2 is 2.22 bits per heavy atom. The van der Waals surface area contributed by atoms with Crippen LogP contribution in [0.2, 0.25) is 0 Å². The van der Waals surface area contributed by atoms with Gasteiger partial charge in [0, 0.05) is 18.5 Å². The van der Waals surface area contributed by atoms with E-state index in [1.807, 2.05) is 19.1 Å². The number of hydrogen-bond acceptors (Lipinski definition) is 3. The molecule has 0 unspecified atom stereocenters. The van der Waals surface area contributed by atoms with Gasteiger partial charge in [-0.15, -0.1) is 0 Å². The first kappa shape index (κ1) is 12.6. The van der Waals surface area contributed by atoms with Gasteiger partial charge in [0.2, 0.25) is 5.91 Å². The highest BCUT2D eigenvalue weighted by atomic mass is 16.5. The second kappa shape index (κ2) is 5.67. The van der Waals surface area contributed by atoms with Gasteiger partial charge in [-0.3, -0.25) is 9.59 Å². The van der Waals surface area contributed by atoms with Gasteiger partial charge >= 0.3 is 0 Å². The summed E-state index contributed by atoms with van der Waals surface area (Å²) in [6.07, 6.45) is 1.74. The lowest BCUT2D eigenvalue weighted by Gasteiger charge is -2.07. The maximum Gasteiger partial charge on any atom is 0.223 e. The molecule has 0 saturated carbocycles. The van der Waals surface area contributed by atoms with Gasteiger partial charge < -0.3 is 10.1 Å². The van der Waals surface area contributed by atoms with E-state index in [1.54, 1.807) is 6.07 Å². The molecule has 1 N–H and O–H groups in total. The number of hydrogen-bond donors (Lipinski definition) is 1. The summed E-state index contributed by atoms with van der Waals surface area (Å²) in [6.45, 7) is 2.88. The van der Waals surface area contributed by atoms with Crippen molar-refractivity contribution in [3.63, 3.8) is 0 Å². The predicted molar refractivity (Wildman–Crippen MR) is 67.9 cm³/mol. The Labute approximate surface area is 106 Å². The van der Waals surface area contributed by atoms with Gasteiger partial charge in [0.05, 0.1) is 13.0 Å². The zero-order valence-electron chi connectivity index (χ0n) is 10.5. The van der Waals surface area contributed by atoms with Crippen LogP contribution in [0.25, 0.3) is 0 Å². The van der Waals surface area contributed by atoms with Gasteiger partial charge in [0.25, 0.3) is 0 Å². The van der Waals surface area contributed by atoms with Crippen molar-refractivity contribution in [1.82, 2.24) is 5.32 Å². The third-order valence-electron chi connectivity index (χ3n) is 2.97. The van der Waals surface area contributed by atoms with Crippen LogP contribution in [0.3, 0.4) is 0 Å². The summed E-state index contributed by atoms with van der Waals surface area (Å²) in [5, 5.41) is 2.72. The molecule has 0 aliphatic heterocycles. The number of ketones is 1. The fraction of sp³-hybridized carbons (Fsp3) is 0.429. The Bertz CT molecular complexity index is 468. The summed E-state index contributed by atoms with van der Waals surface area (Å²) >= 11 is 0. The Morgan fingerprint density at radius 1 is 1.39 bits per heavy atom.